The summed E-state index contributed by atoms with van der Waals surface area (Å²) in [6, 6.07) is 17.7. The van der Waals surface area contributed by atoms with Crippen molar-refractivity contribution in [3.05, 3.63) is 95.6 Å². The number of benzene rings is 2. The van der Waals surface area contributed by atoms with Crippen molar-refractivity contribution in [2.75, 3.05) is 6.61 Å². The van der Waals surface area contributed by atoms with E-state index in [0.29, 0.717) is 0 Å². The van der Waals surface area contributed by atoms with Crippen molar-refractivity contribution in [1.29, 1.82) is 0 Å². The van der Waals surface area contributed by atoms with E-state index in [-0.39, 0.29) is 18.3 Å². The lowest BCUT2D eigenvalue weighted by molar-refractivity contribution is 0.288. The molecule has 0 spiro atoms. The van der Waals surface area contributed by atoms with Crippen LogP contribution in [0.15, 0.2) is 84.5 Å². The van der Waals surface area contributed by atoms with Gasteiger partial charge in [0.15, 0.2) is 0 Å². The molecule has 2 nitrogen and oxygen atoms in total. The summed E-state index contributed by atoms with van der Waals surface area (Å²) < 4.78 is 0. The summed E-state index contributed by atoms with van der Waals surface area (Å²) in [4.78, 5) is 0. The molecule has 1 aliphatic carbocycles. The first-order chi connectivity index (χ1) is 11.8. The van der Waals surface area contributed by atoms with Crippen LogP contribution in [0.4, 0.5) is 0 Å². The van der Waals surface area contributed by atoms with E-state index in [1.54, 1.807) is 12.1 Å². The zero-order valence-electron chi connectivity index (χ0n) is 13.6. The van der Waals surface area contributed by atoms with Gasteiger partial charge in [0.1, 0.15) is 5.75 Å². The maximum atomic E-state index is 9.63. The third-order valence-electron chi connectivity index (χ3n) is 4.29. The summed E-state index contributed by atoms with van der Waals surface area (Å²) in [5.41, 5.74) is 4.72. The van der Waals surface area contributed by atoms with Crippen LogP contribution in [-0.4, -0.2) is 16.8 Å². The lowest BCUT2D eigenvalue weighted by atomic mass is 9.84. The Kier molecular flexibility index (Phi) is 5.29. The summed E-state index contributed by atoms with van der Waals surface area (Å²) in [6.45, 7) is 0.182. The molecule has 1 aliphatic rings. The fraction of sp³-hybridized carbons (Fsp3) is 0.182. The second-order valence-corrected chi connectivity index (χ2v) is 5.94. The maximum absolute atomic E-state index is 9.63. The molecule has 2 heteroatoms. The van der Waals surface area contributed by atoms with Gasteiger partial charge in [0.25, 0.3) is 0 Å². The number of aliphatic hydroxyl groups is 1. The Morgan fingerprint density at radius 1 is 0.833 bits per heavy atom. The van der Waals surface area contributed by atoms with Crippen LogP contribution >= 0.6 is 0 Å². The van der Waals surface area contributed by atoms with Crippen molar-refractivity contribution in [2.45, 2.75) is 12.8 Å². The minimum absolute atomic E-state index is 0.182. The molecular formula is C22H22O2. The standard InChI is InChI=1S/C22H22O2/c23-16-6-11-21(17-7-4-5-8-17)22(18-9-2-1-3-10-18)19-12-14-20(24)15-13-19/h1-5,7-10,12-15,17,23-24H,6,11,16H2. The zero-order valence-corrected chi connectivity index (χ0v) is 13.6. The molecule has 0 atom stereocenters. The van der Waals surface area contributed by atoms with Crippen molar-refractivity contribution in [1.82, 2.24) is 0 Å². The summed E-state index contributed by atoms with van der Waals surface area (Å²) in [7, 11) is 0. The van der Waals surface area contributed by atoms with Crippen LogP contribution in [0, 0.1) is 5.92 Å². The zero-order chi connectivity index (χ0) is 16.8. The van der Waals surface area contributed by atoms with Gasteiger partial charge in [-0.2, -0.15) is 0 Å². The van der Waals surface area contributed by atoms with Crippen LogP contribution in [0.3, 0.4) is 0 Å². The van der Waals surface area contributed by atoms with E-state index in [4.69, 9.17) is 0 Å². The summed E-state index contributed by atoms with van der Waals surface area (Å²) in [5.74, 6) is 0.518. The Morgan fingerprint density at radius 3 is 2.08 bits per heavy atom. The Balaban J connectivity index is 2.17. The van der Waals surface area contributed by atoms with E-state index >= 15 is 0 Å². The van der Waals surface area contributed by atoms with E-state index in [1.807, 2.05) is 30.3 Å². The third-order valence-corrected chi connectivity index (χ3v) is 4.29. The molecule has 0 aliphatic heterocycles. The van der Waals surface area contributed by atoms with Crippen LogP contribution in [-0.2, 0) is 0 Å². The fourth-order valence-corrected chi connectivity index (χ4v) is 3.16. The molecule has 0 bridgehead atoms. The predicted octanol–water partition coefficient (Wildman–Crippen LogP) is 4.71. The van der Waals surface area contributed by atoms with Gasteiger partial charge in [-0.1, -0.05) is 72.3 Å². The van der Waals surface area contributed by atoms with Gasteiger partial charge < -0.3 is 10.2 Å². The van der Waals surface area contributed by atoms with Crippen molar-refractivity contribution in [2.24, 2.45) is 5.92 Å². The molecule has 0 saturated carbocycles. The number of hydrogen-bond acceptors (Lipinski definition) is 2. The van der Waals surface area contributed by atoms with Gasteiger partial charge in [0, 0.05) is 12.5 Å². The number of phenolic OH excluding ortho intramolecular Hbond substituents is 1. The molecule has 24 heavy (non-hydrogen) atoms. The lowest BCUT2D eigenvalue weighted by Gasteiger charge is -2.20. The summed E-state index contributed by atoms with van der Waals surface area (Å²) in [6.07, 6.45) is 10.1. The molecule has 0 radical (unpaired) electrons. The highest BCUT2D eigenvalue weighted by atomic mass is 16.3. The molecule has 2 N–H and O–H groups in total. The smallest absolute Gasteiger partial charge is 0.115 e. The second kappa shape index (κ2) is 7.80. The first kappa shape index (κ1) is 16.3. The van der Waals surface area contributed by atoms with Crippen molar-refractivity contribution in [3.63, 3.8) is 0 Å². The van der Waals surface area contributed by atoms with Gasteiger partial charge in [-0.15, -0.1) is 0 Å². The van der Waals surface area contributed by atoms with Crippen LogP contribution < -0.4 is 0 Å². The average Bonchev–Trinajstić information content (AvgIpc) is 3.15. The molecule has 0 unspecified atom stereocenters. The molecule has 0 fully saturated rings. The SMILES string of the molecule is OCCCC(=C(c1ccccc1)c1ccc(O)cc1)C1C=CC=C1. The highest BCUT2D eigenvalue weighted by molar-refractivity contribution is 5.83. The minimum Gasteiger partial charge on any atom is -0.508 e. The number of hydrogen-bond donors (Lipinski definition) is 2. The highest BCUT2D eigenvalue weighted by Gasteiger charge is 2.18. The monoisotopic (exact) mass is 318 g/mol. The number of aliphatic hydroxyl groups excluding tert-OH is 1. The molecule has 2 aromatic carbocycles. The van der Waals surface area contributed by atoms with E-state index in [2.05, 4.69) is 36.4 Å². The number of allylic oxidation sites excluding steroid dienone is 5. The van der Waals surface area contributed by atoms with E-state index < -0.39 is 0 Å². The van der Waals surface area contributed by atoms with Crippen LogP contribution in [0.5, 0.6) is 5.75 Å². The largest absolute Gasteiger partial charge is 0.508 e. The molecule has 0 amide bonds. The van der Waals surface area contributed by atoms with E-state index in [1.165, 1.54) is 11.1 Å². The van der Waals surface area contributed by atoms with E-state index in [0.717, 1.165) is 24.0 Å². The van der Waals surface area contributed by atoms with Gasteiger partial charge in [-0.05, 0) is 41.7 Å². The molecule has 3 rings (SSSR count). The molecule has 0 saturated heterocycles. The van der Waals surface area contributed by atoms with Crippen LogP contribution in [0.2, 0.25) is 0 Å². The lowest BCUT2D eigenvalue weighted by Crippen LogP contribution is -2.04. The van der Waals surface area contributed by atoms with Gasteiger partial charge in [0.05, 0.1) is 0 Å². The predicted molar refractivity (Wildman–Crippen MR) is 98.7 cm³/mol. The minimum atomic E-state index is 0.182. The van der Waals surface area contributed by atoms with Crippen molar-refractivity contribution >= 4 is 5.57 Å². The van der Waals surface area contributed by atoms with Crippen molar-refractivity contribution < 1.29 is 10.2 Å². The maximum Gasteiger partial charge on any atom is 0.115 e. The average molecular weight is 318 g/mol. The highest BCUT2D eigenvalue weighted by Crippen LogP contribution is 2.36. The summed E-state index contributed by atoms with van der Waals surface area (Å²) in [5, 5.41) is 19.0. The first-order valence-electron chi connectivity index (χ1n) is 8.33. The Bertz CT molecular complexity index is 740. The first-order valence-corrected chi connectivity index (χ1v) is 8.33. The Morgan fingerprint density at radius 2 is 1.46 bits per heavy atom. The Hall–Kier alpha value is -2.58. The topological polar surface area (TPSA) is 40.5 Å². The normalized spacial score (nSPS) is 14.9. The number of phenols is 1. The second-order valence-electron chi connectivity index (χ2n) is 5.94. The fourth-order valence-electron chi connectivity index (χ4n) is 3.16. The van der Waals surface area contributed by atoms with Gasteiger partial charge in [0.2, 0.25) is 0 Å². The number of aromatic hydroxyl groups is 1. The quantitative estimate of drug-likeness (QED) is 0.810. The van der Waals surface area contributed by atoms with Crippen LogP contribution in [0.25, 0.3) is 5.57 Å². The third kappa shape index (κ3) is 3.66. The van der Waals surface area contributed by atoms with Gasteiger partial charge in [-0.3, -0.25) is 0 Å². The van der Waals surface area contributed by atoms with E-state index in [9.17, 15) is 10.2 Å². The van der Waals surface area contributed by atoms with Gasteiger partial charge in [-0.25, -0.2) is 0 Å². The molecule has 122 valence electrons. The van der Waals surface area contributed by atoms with Crippen LogP contribution in [0.1, 0.15) is 24.0 Å². The molecule has 0 aromatic heterocycles. The van der Waals surface area contributed by atoms with Gasteiger partial charge >= 0.3 is 0 Å². The number of rotatable bonds is 6. The molecule has 0 heterocycles. The Labute approximate surface area is 143 Å². The molecule has 2 aromatic rings. The van der Waals surface area contributed by atoms with Crippen molar-refractivity contribution in [3.8, 4) is 5.75 Å². The summed E-state index contributed by atoms with van der Waals surface area (Å²) >= 11 is 0. The molecular weight excluding hydrogens is 296 g/mol.